The summed E-state index contributed by atoms with van der Waals surface area (Å²) in [6.07, 6.45) is 0. The lowest BCUT2D eigenvalue weighted by atomic mass is 10.3. The van der Waals surface area contributed by atoms with Gasteiger partial charge in [-0.1, -0.05) is 50.9 Å². The monoisotopic (exact) mass is 349 g/mol. The van der Waals surface area contributed by atoms with Crippen LogP contribution < -0.4 is 4.23 Å². The standard InChI is InChI=1S/C12H21BrClNSi2/c1-16(2,3)15(17(4,5)6)12-8-7-10(14)9-11(12)13/h7-9H,1-6H3. The van der Waals surface area contributed by atoms with Crippen LogP contribution in [0.5, 0.6) is 0 Å². The Morgan fingerprint density at radius 2 is 1.47 bits per heavy atom. The van der Waals surface area contributed by atoms with E-state index >= 15 is 0 Å². The predicted molar refractivity (Wildman–Crippen MR) is 88.3 cm³/mol. The molecule has 0 atom stereocenters. The third-order valence-corrected chi connectivity index (χ3v) is 10.6. The van der Waals surface area contributed by atoms with Crippen molar-refractivity contribution in [1.82, 2.24) is 0 Å². The fourth-order valence-electron chi connectivity index (χ4n) is 2.39. The van der Waals surface area contributed by atoms with E-state index < -0.39 is 16.5 Å². The molecule has 0 spiro atoms. The molecule has 17 heavy (non-hydrogen) atoms. The second kappa shape index (κ2) is 5.07. The molecule has 96 valence electrons. The van der Waals surface area contributed by atoms with Crippen molar-refractivity contribution >= 4 is 49.7 Å². The van der Waals surface area contributed by atoms with Crippen molar-refractivity contribution in [1.29, 1.82) is 0 Å². The van der Waals surface area contributed by atoms with Gasteiger partial charge in [-0.15, -0.1) is 0 Å². The average Bonchev–Trinajstić information content (AvgIpc) is 2.04. The molecule has 0 aromatic heterocycles. The van der Waals surface area contributed by atoms with Crippen molar-refractivity contribution < 1.29 is 0 Å². The molecule has 1 nitrogen and oxygen atoms in total. The summed E-state index contributed by atoms with van der Waals surface area (Å²) >= 11 is 9.68. The highest BCUT2D eigenvalue weighted by Crippen LogP contribution is 2.35. The van der Waals surface area contributed by atoms with Crippen LogP contribution in [0.2, 0.25) is 44.3 Å². The molecule has 0 aliphatic rings. The zero-order chi connectivity index (χ0) is 13.4. The van der Waals surface area contributed by atoms with Gasteiger partial charge in [0.1, 0.15) is 16.5 Å². The third-order valence-electron chi connectivity index (χ3n) is 2.49. The van der Waals surface area contributed by atoms with Gasteiger partial charge in [-0.3, -0.25) is 0 Å². The molecule has 0 saturated carbocycles. The number of anilines is 1. The Morgan fingerprint density at radius 3 is 1.82 bits per heavy atom. The third kappa shape index (κ3) is 3.84. The molecule has 0 aliphatic heterocycles. The van der Waals surface area contributed by atoms with E-state index in [1.165, 1.54) is 5.69 Å². The van der Waals surface area contributed by atoms with Gasteiger partial charge in [0.25, 0.3) is 0 Å². The molecule has 0 heterocycles. The summed E-state index contributed by atoms with van der Waals surface area (Å²) < 4.78 is 3.79. The topological polar surface area (TPSA) is 3.24 Å². The number of nitrogens with zero attached hydrogens (tertiary/aromatic N) is 1. The maximum Gasteiger partial charge on any atom is 0.138 e. The van der Waals surface area contributed by atoms with Crippen molar-refractivity contribution in [2.45, 2.75) is 39.3 Å². The Bertz CT molecular complexity index is 396. The van der Waals surface area contributed by atoms with Crippen LogP contribution in [0.25, 0.3) is 0 Å². The quantitative estimate of drug-likeness (QED) is 0.643. The summed E-state index contributed by atoms with van der Waals surface area (Å²) in [5, 5.41) is 0.784. The molecule has 1 aromatic carbocycles. The minimum absolute atomic E-state index is 0.784. The minimum atomic E-state index is -1.39. The highest BCUT2D eigenvalue weighted by Gasteiger charge is 2.35. The summed E-state index contributed by atoms with van der Waals surface area (Å²) in [7, 11) is -2.78. The molecule has 0 radical (unpaired) electrons. The first-order valence-electron chi connectivity index (χ1n) is 5.79. The van der Waals surface area contributed by atoms with Crippen LogP contribution >= 0.6 is 27.5 Å². The van der Waals surface area contributed by atoms with Crippen LogP contribution in [0, 0.1) is 0 Å². The van der Waals surface area contributed by atoms with Gasteiger partial charge >= 0.3 is 0 Å². The van der Waals surface area contributed by atoms with Gasteiger partial charge in [0.2, 0.25) is 0 Å². The normalized spacial score (nSPS) is 12.7. The van der Waals surface area contributed by atoms with Crippen molar-refractivity contribution in [3.05, 3.63) is 27.7 Å². The fourth-order valence-corrected chi connectivity index (χ4v) is 13.5. The van der Waals surface area contributed by atoms with Gasteiger partial charge in [-0.2, -0.15) is 0 Å². The maximum absolute atomic E-state index is 6.02. The predicted octanol–water partition coefficient (Wildman–Crippen LogP) is 5.58. The Kier molecular flexibility index (Phi) is 4.56. The van der Waals surface area contributed by atoms with Crippen LogP contribution in [-0.4, -0.2) is 16.5 Å². The Labute approximate surface area is 120 Å². The Morgan fingerprint density at radius 1 is 1.00 bits per heavy atom. The molecule has 5 heteroatoms. The Hall–Kier alpha value is 0.224. The molecule has 0 bridgehead atoms. The van der Waals surface area contributed by atoms with Gasteiger partial charge in [-0.25, -0.2) is 0 Å². The van der Waals surface area contributed by atoms with Gasteiger partial charge in [0, 0.05) is 15.2 Å². The number of rotatable bonds is 3. The van der Waals surface area contributed by atoms with Crippen LogP contribution in [0.4, 0.5) is 5.69 Å². The SMILES string of the molecule is C[Si](C)(C)N(c1ccc(Cl)cc1Br)[Si](C)(C)C. The van der Waals surface area contributed by atoms with Gasteiger partial charge in [-0.05, 0) is 34.1 Å². The smallest absolute Gasteiger partial charge is 0.138 e. The van der Waals surface area contributed by atoms with E-state index in [0.29, 0.717) is 0 Å². The number of halogens is 2. The fraction of sp³-hybridized carbons (Fsp3) is 0.500. The van der Waals surface area contributed by atoms with Crippen LogP contribution in [0.3, 0.4) is 0 Å². The molecule has 0 aliphatic carbocycles. The molecular formula is C12H21BrClNSi2. The largest absolute Gasteiger partial charge is 0.424 e. The number of hydrogen-bond donors (Lipinski definition) is 0. The summed E-state index contributed by atoms with van der Waals surface area (Å²) in [4.78, 5) is 0. The second-order valence-electron chi connectivity index (χ2n) is 6.27. The first-order valence-corrected chi connectivity index (χ1v) is 13.9. The zero-order valence-electron chi connectivity index (χ0n) is 11.4. The van der Waals surface area contributed by atoms with Crippen LogP contribution in [-0.2, 0) is 0 Å². The minimum Gasteiger partial charge on any atom is -0.424 e. The Balaban J connectivity index is 3.34. The highest BCUT2D eigenvalue weighted by atomic mass is 79.9. The molecular weight excluding hydrogens is 330 g/mol. The van der Waals surface area contributed by atoms with Crippen molar-refractivity contribution in [3.63, 3.8) is 0 Å². The maximum atomic E-state index is 6.02. The van der Waals surface area contributed by atoms with Crippen molar-refractivity contribution in [2.24, 2.45) is 0 Å². The van der Waals surface area contributed by atoms with Crippen LogP contribution in [0.15, 0.2) is 22.7 Å². The van der Waals surface area contributed by atoms with E-state index in [0.717, 1.165) is 9.50 Å². The van der Waals surface area contributed by atoms with Gasteiger partial charge in [0.15, 0.2) is 0 Å². The van der Waals surface area contributed by atoms with E-state index in [4.69, 9.17) is 11.6 Å². The summed E-state index contributed by atoms with van der Waals surface area (Å²) in [6, 6.07) is 6.11. The molecule has 0 N–H and O–H groups in total. The first-order chi connectivity index (χ1) is 7.53. The second-order valence-corrected chi connectivity index (χ2v) is 17.6. The number of hydrogen-bond acceptors (Lipinski definition) is 1. The van der Waals surface area contributed by atoms with E-state index in [9.17, 15) is 0 Å². The molecule has 0 fully saturated rings. The van der Waals surface area contributed by atoms with Crippen molar-refractivity contribution in [2.75, 3.05) is 4.23 Å². The highest BCUT2D eigenvalue weighted by molar-refractivity contribution is 9.10. The lowest BCUT2D eigenvalue weighted by Gasteiger charge is -2.46. The number of benzene rings is 1. The van der Waals surface area contributed by atoms with E-state index in [2.05, 4.69) is 65.5 Å². The molecule has 0 saturated heterocycles. The summed E-state index contributed by atoms with van der Waals surface area (Å²) in [5.74, 6) is 0. The molecule has 1 aromatic rings. The summed E-state index contributed by atoms with van der Waals surface area (Å²) in [6.45, 7) is 14.4. The van der Waals surface area contributed by atoms with E-state index in [1.54, 1.807) is 0 Å². The molecule has 0 amide bonds. The van der Waals surface area contributed by atoms with E-state index in [1.807, 2.05) is 12.1 Å². The lowest BCUT2D eigenvalue weighted by Crippen LogP contribution is -2.59. The first kappa shape index (κ1) is 15.3. The van der Waals surface area contributed by atoms with Crippen LogP contribution in [0.1, 0.15) is 0 Å². The van der Waals surface area contributed by atoms with Crippen molar-refractivity contribution in [3.8, 4) is 0 Å². The van der Waals surface area contributed by atoms with Gasteiger partial charge in [0.05, 0.1) is 0 Å². The van der Waals surface area contributed by atoms with Gasteiger partial charge < -0.3 is 4.23 Å². The van der Waals surface area contributed by atoms with E-state index in [-0.39, 0.29) is 0 Å². The summed E-state index contributed by atoms with van der Waals surface area (Å²) in [5.41, 5.74) is 1.30. The molecule has 1 rings (SSSR count). The molecule has 0 unspecified atom stereocenters. The zero-order valence-corrected chi connectivity index (χ0v) is 15.8. The average molecular weight is 351 g/mol. The lowest BCUT2D eigenvalue weighted by molar-refractivity contribution is 1.34.